The maximum absolute atomic E-state index is 4.37. The fraction of sp³-hybridized carbons (Fsp3) is 0.400. The number of nitrogens with one attached hydrogen (secondary N) is 1. The van der Waals surface area contributed by atoms with Crippen LogP contribution in [0.15, 0.2) is 24.4 Å². The Morgan fingerprint density at radius 3 is 2.61 bits per heavy atom. The molecular weight excluding hydrogens is 240 g/mol. The summed E-state index contributed by atoms with van der Waals surface area (Å²) in [5.41, 5.74) is 4.04. The molecule has 0 amide bonds. The predicted molar refractivity (Wildman–Crippen MR) is 78.0 cm³/mol. The van der Waals surface area contributed by atoms with Gasteiger partial charge >= 0.3 is 0 Å². The van der Waals surface area contributed by atoms with Crippen LogP contribution in [0.3, 0.4) is 0 Å². The highest BCUT2D eigenvalue weighted by Gasteiger charge is 2.07. The third-order valence-electron chi connectivity index (χ3n) is 3.26. The van der Waals surface area contributed by atoms with Crippen LogP contribution in [0, 0.1) is 20.8 Å². The largest absolute Gasteiger partial charge is 0.304 e. The molecule has 0 fully saturated rings. The zero-order valence-corrected chi connectivity index (χ0v) is 12.3. The Morgan fingerprint density at radius 1 is 1.22 bits per heavy atom. The number of hydrogen-bond donors (Lipinski definition) is 1. The molecule has 2 nitrogen and oxygen atoms in total. The van der Waals surface area contributed by atoms with Crippen LogP contribution in [0.25, 0.3) is 0 Å². The topological polar surface area (TPSA) is 24.9 Å². The Morgan fingerprint density at radius 2 is 2.00 bits per heavy atom. The van der Waals surface area contributed by atoms with Crippen molar-refractivity contribution in [2.75, 3.05) is 0 Å². The average Bonchev–Trinajstić information content (AvgIpc) is 2.75. The summed E-state index contributed by atoms with van der Waals surface area (Å²) in [5.74, 6) is 0. The van der Waals surface area contributed by atoms with Crippen LogP contribution in [-0.4, -0.2) is 4.98 Å². The van der Waals surface area contributed by atoms with E-state index >= 15 is 0 Å². The van der Waals surface area contributed by atoms with E-state index < -0.39 is 0 Å². The summed E-state index contributed by atoms with van der Waals surface area (Å²) in [5, 5.41) is 4.68. The second-order valence-electron chi connectivity index (χ2n) is 4.81. The fourth-order valence-corrected chi connectivity index (χ4v) is 2.61. The molecule has 1 aromatic carbocycles. The normalized spacial score (nSPS) is 12.7. The zero-order chi connectivity index (χ0) is 13.1. The van der Waals surface area contributed by atoms with Crippen LogP contribution in [0.1, 0.15) is 39.5 Å². The SMILES string of the molecule is Cc1cnc(CNC(C)c2ccc(C)c(C)c2)s1. The minimum Gasteiger partial charge on any atom is -0.304 e. The average molecular weight is 260 g/mol. The molecule has 96 valence electrons. The summed E-state index contributed by atoms with van der Waals surface area (Å²) in [6.07, 6.45) is 1.93. The van der Waals surface area contributed by atoms with Crippen LogP contribution in [0.4, 0.5) is 0 Å². The van der Waals surface area contributed by atoms with Gasteiger partial charge in [-0.25, -0.2) is 4.98 Å². The second kappa shape index (κ2) is 5.63. The third kappa shape index (κ3) is 3.18. The quantitative estimate of drug-likeness (QED) is 0.901. The molecule has 1 N–H and O–H groups in total. The van der Waals surface area contributed by atoms with Crippen molar-refractivity contribution >= 4 is 11.3 Å². The van der Waals surface area contributed by atoms with Crippen LogP contribution in [0.5, 0.6) is 0 Å². The zero-order valence-electron chi connectivity index (χ0n) is 11.4. The summed E-state index contributed by atoms with van der Waals surface area (Å²) < 4.78 is 0. The van der Waals surface area contributed by atoms with E-state index in [9.17, 15) is 0 Å². The van der Waals surface area contributed by atoms with Gasteiger partial charge in [0.05, 0.1) is 0 Å². The first-order valence-corrected chi connectivity index (χ1v) is 7.10. The van der Waals surface area contributed by atoms with Crippen molar-refractivity contribution in [1.29, 1.82) is 0 Å². The molecule has 0 aliphatic heterocycles. The lowest BCUT2D eigenvalue weighted by Crippen LogP contribution is -2.18. The molecular formula is C15H20N2S. The maximum Gasteiger partial charge on any atom is 0.107 e. The van der Waals surface area contributed by atoms with E-state index in [0.717, 1.165) is 11.6 Å². The number of aromatic nitrogens is 1. The van der Waals surface area contributed by atoms with Crippen LogP contribution in [0.2, 0.25) is 0 Å². The standard InChI is InChI=1S/C15H20N2S/c1-10-5-6-14(7-11(10)2)13(4)16-9-15-17-8-12(3)18-15/h5-8,13,16H,9H2,1-4H3. The van der Waals surface area contributed by atoms with Crippen molar-refractivity contribution in [3.63, 3.8) is 0 Å². The molecule has 0 saturated carbocycles. The number of nitrogens with zero attached hydrogens (tertiary/aromatic N) is 1. The van der Waals surface area contributed by atoms with E-state index in [0.29, 0.717) is 6.04 Å². The second-order valence-corrected chi connectivity index (χ2v) is 6.13. The van der Waals surface area contributed by atoms with E-state index in [1.54, 1.807) is 11.3 Å². The van der Waals surface area contributed by atoms with Crippen molar-refractivity contribution < 1.29 is 0 Å². The van der Waals surface area contributed by atoms with Gasteiger partial charge < -0.3 is 5.32 Å². The van der Waals surface area contributed by atoms with Crippen molar-refractivity contribution in [3.8, 4) is 0 Å². The first-order valence-electron chi connectivity index (χ1n) is 6.28. The molecule has 1 atom stereocenters. The lowest BCUT2D eigenvalue weighted by molar-refractivity contribution is 0.573. The molecule has 2 aromatic rings. The summed E-state index contributed by atoms with van der Waals surface area (Å²) in [6.45, 7) is 9.44. The molecule has 1 heterocycles. The van der Waals surface area contributed by atoms with Gasteiger partial charge in [-0.05, 0) is 44.4 Å². The third-order valence-corrected chi connectivity index (χ3v) is 4.17. The van der Waals surface area contributed by atoms with Gasteiger partial charge in [-0.3, -0.25) is 0 Å². The predicted octanol–water partition coefficient (Wildman–Crippen LogP) is 3.92. The molecule has 0 radical (unpaired) electrons. The molecule has 1 unspecified atom stereocenters. The van der Waals surface area contributed by atoms with Crippen LogP contribution in [-0.2, 0) is 6.54 Å². The first kappa shape index (κ1) is 13.2. The van der Waals surface area contributed by atoms with E-state index in [2.05, 4.69) is 56.2 Å². The minimum atomic E-state index is 0.355. The maximum atomic E-state index is 4.37. The summed E-state index contributed by atoms with van der Waals surface area (Å²) in [6, 6.07) is 7.01. The molecule has 18 heavy (non-hydrogen) atoms. The summed E-state index contributed by atoms with van der Waals surface area (Å²) >= 11 is 1.76. The fourth-order valence-electron chi connectivity index (χ4n) is 1.88. The minimum absolute atomic E-state index is 0.355. The Kier molecular flexibility index (Phi) is 4.15. The van der Waals surface area contributed by atoms with Crippen molar-refractivity contribution in [2.45, 2.75) is 40.3 Å². The van der Waals surface area contributed by atoms with E-state index in [4.69, 9.17) is 0 Å². The number of thiazole rings is 1. The first-order chi connectivity index (χ1) is 8.56. The number of aryl methyl sites for hydroxylation is 3. The smallest absolute Gasteiger partial charge is 0.107 e. The molecule has 0 aliphatic rings. The van der Waals surface area contributed by atoms with Crippen LogP contribution >= 0.6 is 11.3 Å². The van der Waals surface area contributed by atoms with Crippen molar-refractivity contribution in [2.24, 2.45) is 0 Å². The summed E-state index contributed by atoms with van der Waals surface area (Å²) in [4.78, 5) is 5.64. The lowest BCUT2D eigenvalue weighted by atomic mass is 10.0. The van der Waals surface area contributed by atoms with Gasteiger partial charge in [-0.1, -0.05) is 18.2 Å². The van der Waals surface area contributed by atoms with Gasteiger partial charge in [0.2, 0.25) is 0 Å². The van der Waals surface area contributed by atoms with E-state index in [-0.39, 0.29) is 0 Å². The Bertz CT molecular complexity index is 531. The van der Waals surface area contributed by atoms with Gasteiger partial charge in [-0.2, -0.15) is 0 Å². The monoisotopic (exact) mass is 260 g/mol. The van der Waals surface area contributed by atoms with Crippen molar-refractivity contribution in [3.05, 3.63) is 51.0 Å². The van der Waals surface area contributed by atoms with Crippen molar-refractivity contribution in [1.82, 2.24) is 10.3 Å². The van der Waals surface area contributed by atoms with Gasteiger partial charge in [0.15, 0.2) is 0 Å². The highest BCUT2D eigenvalue weighted by Crippen LogP contribution is 2.18. The molecule has 1 aromatic heterocycles. The van der Waals surface area contributed by atoms with Gasteiger partial charge in [0.1, 0.15) is 5.01 Å². The number of benzene rings is 1. The lowest BCUT2D eigenvalue weighted by Gasteiger charge is -2.14. The highest BCUT2D eigenvalue weighted by molar-refractivity contribution is 7.11. The number of hydrogen-bond acceptors (Lipinski definition) is 3. The highest BCUT2D eigenvalue weighted by atomic mass is 32.1. The van der Waals surface area contributed by atoms with Gasteiger partial charge in [-0.15, -0.1) is 11.3 Å². The molecule has 3 heteroatoms. The van der Waals surface area contributed by atoms with Gasteiger partial charge in [0, 0.05) is 23.7 Å². The molecule has 2 rings (SSSR count). The Labute approximate surface area is 113 Å². The summed E-state index contributed by atoms with van der Waals surface area (Å²) in [7, 11) is 0. The van der Waals surface area contributed by atoms with Gasteiger partial charge in [0.25, 0.3) is 0 Å². The van der Waals surface area contributed by atoms with Crippen LogP contribution < -0.4 is 5.32 Å². The molecule has 0 bridgehead atoms. The molecule has 0 aliphatic carbocycles. The van der Waals surface area contributed by atoms with E-state index in [1.165, 1.54) is 21.6 Å². The molecule has 0 saturated heterocycles. The Hall–Kier alpha value is -1.19. The Balaban J connectivity index is 1.99. The van der Waals surface area contributed by atoms with E-state index in [1.807, 2.05) is 6.20 Å². The molecule has 0 spiro atoms. The number of rotatable bonds is 4.